The molecule has 0 saturated carbocycles. The Morgan fingerprint density at radius 2 is 2.42 bits per heavy atom. The van der Waals surface area contributed by atoms with Gasteiger partial charge in [-0.3, -0.25) is 0 Å². The molecule has 0 spiro atoms. The topological polar surface area (TPSA) is 18.5 Å². The van der Waals surface area contributed by atoms with Crippen molar-refractivity contribution in [2.24, 2.45) is 0 Å². The minimum Gasteiger partial charge on any atom is -0.494 e. The lowest BCUT2D eigenvalue weighted by molar-refractivity contribution is 0.134. The van der Waals surface area contributed by atoms with E-state index in [0.717, 1.165) is 37.4 Å². The van der Waals surface area contributed by atoms with E-state index >= 15 is 0 Å². The fourth-order valence-corrected chi connectivity index (χ4v) is 1.49. The van der Waals surface area contributed by atoms with Crippen molar-refractivity contribution in [2.75, 3.05) is 6.61 Å². The van der Waals surface area contributed by atoms with Crippen molar-refractivity contribution in [1.82, 2.24) is 0 Å². The van der Waals surface area contributed by atoms with Crippen molar-refractivity contribution < 1.29 is 9.47 Å². The number of ether oxygens (including phenoxy) is 2. The second-order valence-electron chi connectivity index (χ2n) is 3.29. The standard InChI is InChI=1S/C10H14O2/c1-8-6-7-11-9-4-2-3-5-10(9)12-8/h3,5,8H,2,4,6-7H2,1H3. The van der Waals surface area contributed by atoms with Gasteiger partial charge >= 0.3 is 0 Å². The molecule has 0 N–H and O–H groups in total. The summed E-state index contributed by atoms with van der Waals surface area (Å²) in [6.45, 7) is 2.88. The van der Waals surface area contributed by atoms with Gasteiger partial charge in [-0.05, 0) is 19.4 Å². The van der Waals surface area contributed by atoms with Gasteiger partial charge in [0.2, 0.25) is 0 Å². The molecule has 1 atom stereocenters. The van der Waals surface area contributed by atoms with Crippen LogP contribution in [0.25, 0.3) is 0 Å². The van der Waals surface area contributed by atoms with E-state index in [9.17, 15) is 0 Å². The Kier molecular flexibility index (Phi) is 2.07. The highest BCUT2D eigenvalue weighted by Gasteiger charge is 2.17. The van der Waals surface area contributed by atoms with Gasteiger partial charge in [0, 0.05) is 12.8 Å². The van der Waals surface area contributed by atoms with Gasteiger partial charge in [0.1, 0.15) is 5.76 Å². The maximum Gasteiger partial charge on any atom is 0.156 e. The monoisotopic (exact) mass is 166 g/mol. The van der Waals surface area contributed by atoms with Crippen LogP contribution < -0.4 is 0 Å². The average Bonchev–Trinajstić information content (AvgIpc) is 2.25. The summed E-state index contributed by atoms with van der Waals surface area (Å²) in [5, 5.41) is 0. The molecule has 1 aliphatic carbocycles. The Morgan fingerprint density at radius 3 is 3.33 bits per heavy atom. The third kappa shape index (κ3) is 1.47. The first-order valence-electron chi connectivity index (χ1n) is 4.55. The molecule has 1 aliphatic heterocycles. The summed E-state index contributed by atoms with van der Waals surface area (Å²) < 4.78 is 11.3. The fraction of sp³-hybridized carbons (Fsp3) is 0.600. The maximum absolute atomic E-state index is 5.68. The summed E-state index contributed by atoms with van der Waals surface area (Å²) >= 11 is 0. The van der Waals surface area contributed by atoms with Crippen molar-refractivity contribution >= 4 is 0 Å². The van der Waals surface area contributed by atoms with Crippen LogP contribution in [0.2, 0.25) is 0 Å². The van der Waals surface area contributed by atoms with Crippen LogP contribution in [0, 0.1) is 0 Å². The largest absolute Gasteiger partial charge is 0.494 e. The number of allylic oxidation sites excluding steroid dienone is 3. The molecule has 0 aromatic heterocycles. The van der Waals surface area contributed by atoms with Gasteiger partial charge in [-0.2, -0.15) is 0 Å². The lowest BCUT2D eigenvalue weighted by atomic mass is 10.1. The van der Waals surface area contributed by atoms with Crippen molar-refractivity contribution in [1.29, 1.82) is 0 Å². The Morgan fingerprint density at radius 1 is 1.50 bits per heavy atom. The zero-order valence-corrected chi connectivity index (χ0v) is 7.38. The molecule has 2 aliphatic rings. The SMILES string of the molecule is CC1CCOC2=C(C=CCC2)O1. The van der Waals surface area contributed by atoms with E-state index in [1.54, 1.807) is 0 Å². The predicted molar refractivity (Wildman–Crippen MR) is 46.5 cm³/mol. The summed E-state index contributed by atoms with van der Waals surface area (Å²) in [6, 6.07) is 0. The molecule has 1 unspecified atom stereocenters. The number of rotatable bonds is 0. The first-order valence-corrected chi connectivity index (χ1v) is 4.55. The highest BCUT2D eigenvalue weighted by atomic mass is 16.5. The highest BCUT2D eigenvalue weighted by molar-refractivity contribution is 5.21. The van der Waals surface area contributed by atoms with Crippen LogP contribution >= 0.6 is 0 Å². The second kappa shape index (κ2) is 3.21. The zero-order valence-electron chi connectivity index (χ0n) is 7.38. The molecule has 0 saturated heterocycles. The minimum atomic E-state index is 0.292. The fourth-order valence-electron chi connectivity index (χ4n) is 1.49. The molecule has 12 heavy (non-hydrogen) atoms. The van der Waals surface area contributed by atoms with Gasteiger partial charge in [-0.25, -0.2) is 0 Å². The summed E-state index contributed by atoms with van der Waals surface area (Å²) in [5.74, 6) is 1.99. The Hall–Kier alpha value is -0.920. The lowest BCUT2D eigenvalue weighted by Crippen LogP contribution is -2.06. The van der Waals surface area contributed by atoms with Crippen molar-refractivity contribution in [3.05, 3.63) is 23.7 Å². The number of hydrogen-bond donors (Lipinski definition) is 0. The molecule has 0 fully saturated rings. The van der Waals surface area contributed by atoms with Crippen LogP contribution in [0.1, 0.15) is 26.2 Å². The van der Waals surface area contributed by atoms with E-state index in [1.807, 2.05) is 6.08 Å². The summed E-state index contributed by atoms with van der Waals surface area (Å²) in [5.41, 5.74) is 0. The average molecular weight is 166 g/mol. The smallest absolute Gasteiger partial charge is 0.156 e. The van der Waals surface area contributed by atoms with E-state index in [1.165, 1.54) is 0 Å². The molecule has 0 radical (unpaired) electrons. The van der Waals surface area contributed by atoms with E-state index in [4.69, 9.17) is 9.47 Å². The maximum atomic E-state index is 5.68. The van der Waals surface area contributed by atoms with Crippen LogP contribution in [-0.4, -0.2) is 12.7 Å². The third-order valence-corrected chi connectivity index (χ3v) is 2.21. The van der Waals surface area contributed by atoms with Crippen molar-refractivity contribution in [3.63, 3.8) is 0 Å². The van der Waals surface area contributed by atoms with Crippen LogP contribution in [-0.2, 0) is 9.47 Å². The molecule has 0 aromatic carbocycles. The van der Waals surface area contributed by atoms with Gasteiger partial charge in [0.25, 0.3) is 0 Å². The minimum absolute atomic E-state index is 0.292. The van der Waals surface area contributed by atoms with E-state index in [-0.39, 0.29) is 0 Å². The molecular weight excluding hydrogens is 152 g/mol. The predicted octanol–water partition coefficient (Wildman–Crippen LogP) is 2.37. The van der Waals surface area contributed by atoms with E-state index in [2.05, 4.69) is 13.0 Å². The van der Waals surface area contributed by atoms with Gasteiger partial charge in [-0.15, -0.1) is 0 Å². The van der Waals surface area contributed by atoms with Crippen LogP contribution in [0.4, 0.5) is 0 Å². The van der Waals surface area contributed by atoms with E-state index < -0.39 is 0 Å². The molecule has 0 amide bonds. The molecule has 2 nitrogen and oxygen atoms in total. The van der Waals surface area contributed by atoms with Gasteiger partial charge in [-0.1, -0.05) is 6.08 Å². The molecule has 66 valence electrons. The molecule has 0 bridgehead atoms. The van der Waals surface area contributed by atoms with Gasteiger partial charge in [0.05, 0.1) is 12.7 Å². The van der Waals surface area contributed by atoms with Crippen LogP contribution in [0.3, 0.4) is 0 Å². The highest BCUT2D eigenvalue weighted by Crippen LogP contribution is 2.25. The summed E-state index contributed by atoms with van der Waals surface area (Å²) in [4.78, 5) is 0. The Labute approximate surface area is 72.9 Å². The quantitative estimate of drug-likeness (QED) is 0.550. The van der Waals surface area contributed by atoms with Crippen LogP contribution in [0.15, 0.2) is 23.7 Å². The Balaban J connectivity index is 2.18. The van der Waals surface area contributed by atoms with Gasteiger partial charge in [0.15, 0.2) is 5.76 Å². The molecular formula is C10H14O2. The third-order valence-electron chi connectivity index (χ3n) is 2.21. The van der Waals surface area contributed by atoms with E-state index in [0.29, 0.717) is 6.10 Å². The summed E-state index contributed by atoms with van der Waals surface area (Å²) in [7, 11) is 0. The first kappa shape index (κ1) is 7.71. The second-order valence-corrected chi connectivity index (χ2v) is 3.29. The molecule has 0 aromatic rings. The normalized spacial score (nSPS) is 28.6. The van der Waals surface area contributed by atoms with Crippen molar-refractivity contribution in [3.8, 4) is 0 Å². The number of hydrogen-bond acceptors (Lipinski definition) is 2. The molecule has 2 rings (SSSR count). The molecule has 1 heterocycles. The van der Waals surface area contributed by atoms with Crippen molar-refractivity contribution in [2.45, 2.75) is 32.3 Å². The lowest BCUT2D eigenvalue weighted by Gasteiger charge is -2.14. The van der Waals surface area contributed by atoms with Gasteiger partial charge < -0.3 is 9.47 Å². The zero-order chi connectivity index (χ0) is 8.39. The molecule has 2 heteroatoms. The Bertz CT molecular complexity index is 228. The first-order chi connectivity index (χ1) is 5.86. The summed E-state index contributed by atoms with van der Waals surface area (Å²) in [6.07, 6.45) is 7.52. The van der Waals surface area contributed by atoms with Crippen LogP contribution in [0.5, 0.6) is 0 Å².